The lowest BCUT2D eigenvalue weighted by Gasteiger charge is -2.18. The Morgan fingerprint density at radius 1 is 0.795 bits per heavy atom. The second kappa shape index (κ2) is 14.2. The number of hydrogen-bond donors (Lipinski definition) is 4. The number of halogens is 6. The molecule has 0 saturated carbocycles. The molecule has 0 saturated heterocycles. The van der Waals surface area contributed by atoms with Crippen LogP contribution in [0.5, 0.6) is 11.5 Å². The standard InChI is InChI=1S/C10H11F3N2O4.C10H11F3N2O3.CH4O/c1-5(2)19-9-7(10(11,12)13)3-6(15(17)18)4-8(9)14-16;1-5(2)18-9-7(10(11,12)13)3-6(15(16)17)4-8(9)14;1-2/h3-5,14,16H,1-2H3;3-5H,14H2,1-2H3;2H,1H3. The summed E-state index contributed by atoms with van der Waals surface area (Å²) in [6, 6.07) is 2.37. The van der Waals surface area contributed by atoms with E-state index < -0.39 is 79.8 Å². The maximum absolute atomic E-state index is 12.8. The van der Waals surface area contributed by atoms with Gasteiger partial charge in [-0.2, -0.15) is 26.3 Å². The molecule has 220 valence electrons. The molecular weight excluding hydrogens is 550 g/mol. The van der Waals surface area contributed by atoms with Gasteiger partial charge < -0.3 is 20.3 Å². The molecule has 18 heteroatoms. The van der Waals surface area contributed by atoms with Gasteiger partial charge in [-0.1, -0.05) is 0 Å². The third kappa shape index (κ3) is 10.3. The van der Waals surface area contributed by atoms with Gasteiger partial charge in [0.2, 0.25) is 0 Å². The van der Waals surface area contributed by atoms with Crippen LogP contribution in [0.2, 0.25) is 0 Å². The third-order valence-electron chi connectivity index (χ3n) is 4.04. The molecule has 0 radical (unpaired) electrons. The molecule has 0 atom stereocenters. The summed E-state index contributed by atoms with van der Waals surface area (Å²) >= 11 is 0. The van der Waals surface area contributed by atoms with Crippen molar-refractivity contribution >= 4 is 22.7 Å². The van der Waals surface area contributed by atoms with E-state index in [9.17, 15) is 46.6 Å². The molecule has 0 amide bonds. The van der Waals surface area contributed by atoms with E-state index in [1.807, 2.05) is 0 Å². The van der Waals surface area contributed by atoms with Gasteiger partial charge in [-0.15, -0.1) is 0 Å². The molecule has 39 heavy (non-hydrogen) atoms. The fourth-order valence-electron chi connectivity index (χ4n) is 2.69. The van der Waals surface area contributed by atoms with E-state index in [4.69, 9.17) is 25.5 Å². The molecule has 0 heterocycles. The maximum atomic E-state index is 12.8. The number of benzene rings is 2. The summed E-state index contributed by atoms with van der Waals surface area (Å²) in [6.07, 6.45) is -10.8. The van der Waals surface area contributed by atoms with Crippen LogP contribution in [-0.4, -0.2) is 39.5 Å². The van der Waals surface area contributed by atoms with Gasteiger partial charge in [-0.3, -0.25) is 30.9 Å². The number of nitrogens with two attached hydrogens (primary N) is 1. The average Bonchev–Trinajstić information content (AvgIpc) is 2.79. The predicted molar refractivity (Wildman–Crippen MR) is 126 cm³/mol. The van der Waals surface area contributed by atoms with Gasteiger partial charge in [0.25, 0.3) is 11.4 Å². The Hall–Kier alpha value is -4.06. The lowest BCUT2D eigenvalue weighted by atomic mass is 10.1. The Morgan fingerprint density at radius 2 is 1.15 bits per heavy atom. The second-order valence-corrected chi connectivity index (χ2v) is 7.74. The maximum Gasteiger partial charge on any atom is 0.420 e. The van der Waals surface area contributed by atoms with Gasteiger partial charge in [0.1, 0.15) is 16.8 Å². The van der Waals surface area contributed by atoms with E-state index in [0.29, 0.717) is 12.1 Å². The molecule has 0 aliphatic heterocycles. The molecule has 0 fully saturated rings. The number of nitro benzene ring substituents is 2. The quantitative estimate of drug-likeness (QED) is 0.136. The number of hydrogen-bond acceptors (Lipinski definition) is 10. The molecule has 0 unspecified atom stereocenters. The van der Waals surface area contributed by atoms with Gasteiger partial charge in [0.05, 0.1) is 27.7 Å². The van der Waals surface area contributed by atoms with E-state index in [2.05, 4.69) is 0 Å². The number of anilines is 2. The summed E-state index contributed by atoms with van der Waals surface area (Å²) < 4.78 is 86.8. The number of rotatable bonds is 7. The Kier molecular flexibility index (Phi) is 12.7. The van der Waals surface area contributed by atoms with Crippen molar-refractivity contribution in [1.82, 2.24) is 0 Å². The normalized spacial score (nSPS) is 11.2. The number of nitrogens with one attached hydrogen (secondary N) is 1. The monoisotopic (exact) mass is 576 g/mol. The Morgan fingerprint density at radius 3 is 1.49 bits per heavy atom. The highest BCUT2D eigenvalue weighted by atomic mass is 19.4. The minimum atomic E-state index is -4.85. The van der Waals surface area contributed by atoms with E-state index in [1.165, 1.54) is 33.2 Å². The first-order chi connectivity index (χ1) is 17.8. The molecule has 2 aromatic rings. The van der Waals surface area contributed by atoms with E-state index >= 15 is 0 Å². The fourth-order valence-corrected chi connectivity index (χ4v) is 2.69. The molecule has 0 aromatic heterocycles. The molecule has 2 rings (SSSR count). The van der Waals surface area contributed by atoms with Gasteiger partial charge in [-0.25, -0.2) is 0 Å². The first-order valence-corrected chi connectivity index (χ1v) is 10.5. The van der Waals surface area contributed by atoms with Crippen molar-refractivity contribution in [3.8, 4) is 11.5 Å². The zero-order chi connectivity index (χ0) is 30.9. The largest absolute Gasteiger partial charge is 0.488 e. The van der Waals surface area contributed by atoms with Gasteiger partial charge in [0.15, 0.2) is 11.5 Å². The lowest BCUT2D eigenvalue weighted by Crippen LogP contribution is -2.15. The molecule has 5 N–H and O–H groups in total. The summed E-state index contributed by atoms with van der Waals surface area (Å²) in [5.74, 6) is -1.27. The molecular formula is C21H26F6N4O8. The van der Waals surface area contributed by atoms with Crippen molar-refractivity contribution in [3.63, 3.8) is 0 Å². The van der Waals surface area contributed by atoms with Crippen LogP contribution >= 0.6 is 0 Å². The van der Waals surface area contributed by atoms with Crippen molar-refractivity contribution in [3.05, 3.63) is 55.6 Å². The van der Waals surface area contributed by atoms with Gasteiger partial charge in [0, 0.05) is 31.4 Å². The van der Waals surface area contributed by atoms with Crippen LogP contribution < -0.4 is 20.7 Å². The smallest absolute Gasteiger partial charge is 0.420 e. The third-order valence-corrected chi connectivity index (χ3v) is 4.04. The Bertz CT molecular complexity index is 1140. The van der Waals surface area contributed by atoms with Crippen molar-refractivity contribution in [2.45, 2.75) is 52.3 Å². The zero-order valence-electron chi connectivity index (χ0n) is 21.0. The molecule has 0 bridgehead atoms. The topological polar surface area (TPSA) is 183 Å². The van der Waals surface area contributed by atoms with Crippen molar-refractivity contribution in [2.24, 2.45) is 0 Å². The molecule has 0 spiro atoms. The molecule has 0 aliphatic rings. The average molecular weight is 576 g/mol. The number of ether oxygens (including phenoxy) is 2. The number of nitro groups is 2. The van der Waals surface area contributed by atoms with Crippen LogP contribution in [0.15, 0.2) is 24.3 Å². The van der Waals surface area contributed by atoms with Gasteiger partial charge >= 0.3 is 12.4 Å². The zero-order valence-corrected chi connectivity index (χ0v) is 21.0. The van der Waals surface area contributed by atoms with E-state index in [0.717, 1.165) is 19.2 Å². The lowest BCUT2D eigenvalue weighted by molar-refractivity contribution is -0.385. The highest BCUT2D eigenvalue weighted by molar-refractivity contribution is 5.65. The van der Waals surface area contributed by atoms with Crippen molar-refractivity contribution in [1.29, 1.82) is 0 Å². The predicted octanol–water partition coefficient (Wildman–Crippen LogP) is 5.79. The summed E-state index contributed by atoms with van der Waals surface area (Å²) in [4.78, 5) is 19.1. The van der Waals surface area contributed by atoms with E-state index in [1.54, 1.807) is 0 Å². The van der Waals surface area contributed by atoms with Gasteiger partial charge in [-0.05, 0) is 27.7 Å². The van der Waals surface area contributed by atoms with Crippen LogP contribution in [-0.2, 0) is 12.4 Å². The summed E-state index contributed by atoms with van der Waals surface area (Å²) in [5.41, 5.74) is 1.82. The Balaban J connectivity index is 0.000000697. The number of nitrogen functional groups attached to an aromatic ring is 1. The van der Waals surface area contributed by atoms with Crippen LogP contribution in [0.1, 0.15) is 38.8 Å². The highest BCUT2D eigenvalue weighted by Crippen LogP contribution is 2.44. The number of alkyl halides is 6. The Labute approximate surface area is 217 Å². The summed E-state index contributed by atoms with van der Waals surface area (Å²) in [7, 11) is 1.00. The number of aliphatic hydroxyl groups is 1. The highest BCUT2D eigenvalue weighted by Gasteiger charge is 2.39. The molecule has 2 aromatic carbocycles. The SMILES string of the molecule is CC(C)Oc1c(N)cc([N+](=O)[O-])cc1C(F)(F)F.CC(C)Oc1c(NO)cc([N+](=O)[O-])cc1C(F)(F)F.CO. The first-order valence-electron chi connectivity index (χ1n) is 10.5. The van der Waals surface area contributed by atoms with Crippen molar-refractivity contribution in [2.75, 3.05) is 18.3 Å². The number of nitrogens with zero attached hydrogens (tertiary/aromatic N) is 2. The summed E-state index contributed by atoms with van der Waals surface area (Å²) in [5, 5.41) is 36.9. The minimum Gasteiger partial charge on any atom is -0.488 e. The van der Waals surface area contributed by atoms with Crippen LogP contribution in [0.3, 0.4) is 0 Å². The number of aliphatic hydroxyl groups excluding tert-OH is 1. The fraction of sp³-hybridized carbons (Fsp3) is 0.429. The number of non-ortho nitro benzene ring substituents is 2. The van der Waals surface area contributed by atoms with Crippen molar-refractivity contribution < 1.29 is 56.0 Å². The summed E-state index contributed by atoms with van der Waals surface area (Å²) in [6.45, 7) is 6.04. The second-order valence-electron chi connectivity index (χ2n) is 7.74. The molecule has 12 nitrogen and oxygen atoms in total. The minimum absolute atomic E-state index is 0.360. The van der Waals surface area contributed by atoms with Crippen LogP contribution in [0.4, 0.5) is 49.1 Å². The van der Waals surface area contributed by atoms with Crippen LogP contribution in [0, 0.1) is 20.2 Å². The first kappa shape index (κ1) is 34.9. The van der Waals surface area contributed by atoms with Crippen LogP contribution in [0.25, 0.3) is 0 Å². The van der Waals surface area contributed by atoms with E-state index in [-0.39, 0.29) is 0 Å². The molecule has 0 aliphatic carbocycles.